The molecule has 2 amide bonds. The zero-order chi connectivity index (χ0) is 29.4. The lowest BCUT2D eigenvalue weighted by Crippen LogP contribution is -2.47. The quantitative estimate of drug-likeness (QED) is 0.272. The van der Waals surface area contributed by atoms with Crippen LogP contribution < -0.4 is 21.1 Å². The Morgan fingerprint density at radius 1 is 0.833 bits per heavy atom. The molecule has 214 valence electrons. The molecule has 2 bridgehead atoms. The molecular formula is C32H28F2N4O3S. The molecule has 3 aromatic carbocycles. The minimum atomic E-state index is -0.980. The van der Waals surface area contributed by atoms with E-state index in [0.29, 0.717) is 31.0 Å². The highest BCUT2D eigenvalue weighted by Gasteiger charge is 2.35. The van der Waals surface area contributed by atoms with Crippen molar-refractivity contribution in [2.75, 3.05) is 34.9 Å². The summed E-state index contributed by atoms with van der Waals surface area (Å²) in [5.41, 5.74) is 2.06. The number of pyridine rings is 1. The van der Waals surface area contributed by atoms with Crippen molar-refractivity contribution in [3.63, 3.8) is 0 Å². The van der Waals surface area contributed by atoms with Crippen LogP contribution in [0.2, 0.25) is 0 Å². The van der Waals surface area contributed by atoms with Crippen LogP contribution in [0.3, 0.4) is 0 Å². The maximum Gasteiger partial charge on any atom is 0.261 e. The number of piperidine rings is 1. The Balaban J connectivity index is 1.36. The maximum atomic E-state index is 14.5. The summed E-state index contributed by atoms with van der Waals surface area (Å²) in [5, 5.41) is 5.60. The molecule has 0 unspecified atom stereocenters. The van der Waals surface area contributed by atoms with E-state index in [1.807, 2.05) is 35.1 Å². The number of carbonyl (C=O) groups excluding carboxylic acids is 2. The molecule has 0 saturated carbocycles. The average molecular weight is 587 g/mol. The van der Waals surface area contributed by atoms with E-state index < -0.39 is 23.1 Å². The van der Waals surface area contributed by atoms with Crippen molar-refractivity contribution >= 4 is 40.6 Å². The molecule has 2 aliphatic heterocycles. The number of rotatable bonds is 6. The van der Waals surface area contributed by atoms with Crippen LogP contribution in [-0.2, 0) is 6.54 Å². The van der Waals surface area contributed by atoms with Crippen LogP contribution in [0.25, 0.3) is 0 Å². The molecule has 3 heterocycles. The molecule has 0 radical (unpaired) electrons. The van der Waals surface area contributed by atoms with E-state index in [4.69, 9.17) is 0 Å². The van der Waals surface area contributed by atoms with Gasteiger partial charge < -0.3 is 20.1 Å². The predicted molar refractivity (Wildman–Crippen MR) is 161 cm³/mol. The fraction of sp³-hybridized carbons (Fsp3) is 0.219. The lowest BCUT2D eigenvalue weighted by atomic mass is 9.83. The summed E-state index contributed by atoms with van der Waals surface area (Å²) in [6.07, 6.45) is 2.84. The normalized spacial score (nSPS) is 17.4. The van der Waals surface area contributed by atoms with Crippen LogP contribution in [-0.4, -0.2) is 35.7 Å². The number of amides is 2. The highest BCUT2D eigenvalue weighted by molar-refractivity contribution is 7.98. The first-order chi connectivity index (χ1) is 20.3. The number of anilines is 3. The van der Waals surface area contributed by atoms with Gasteiger partial charge in [-0.25, -0.2) is 8.78 Å². The summed E-state index contributed by atoms with van der Waals surface area (Å²) < 4.78 is 30.8. The topological polar surface area (TPSA) is 83.4 Å². The fourth-order valence-electron chi connectivity index (χ4n) is 5.99. The van der Waals surface area contributed by atoms with Gasteiger partial charge in [0.2, 0.25) is 0 Å². The number of fused-ring (bicyclic) bond motifs is 4. The van der Waals surface area contributed by atoms with Gasteiger partial charge in [-0.3, -0.25) is 14.4 Å². The molecule has 42 heavy (non-hydrogen) atoms. The zero-order valence-electron chi connectivity index (χ0n) is 22.8. The van der Waals surface area contributed by atoms with E-state index in [1.165, 1.54) is 23.9 Å². The molecule has 2 N–H and O–H groups in total. The summed E-state index contributed by atoms with van der Waals surface area (Å²) in [5.74, 6) is -3.03. The zero-order valence-corrected chi connectivity index (χ0v) is 23.6. The molecule has 10 heteroatoms. The second kappa shape index (κ2) is 11.4. The second-order valence-corrected chi connectivity index (χ2v) is 11.4. The Hall–Kier alpha value is -4.44. The lowest BCUT2D eigenvalue weighted by Gasteiger charge is -2.44. The number of aromatic nitrogens is 1. The Labute approximate surface area is 245 Å². The highest BCUT2D eigenvalue weighted by atomic mass is 32.2. The number of benzene rings is 3. The third kappa shape index (κ3) is 5.30. The number of nitrogens with one attached hydrogen (secondary N) is 2. The number of nitrogens with zero attached hydrogens (tertiary/aromatic N) is 2. The third-order valence-corrected chi connectivity index (χ3v) is 8.67. The molecule has 2 atom stereocenters. The SMILES string of the molecule is CSc1ccccc1NC(=O)c1ccc(N2C[C@H]3C[C@@H](C2)c2cccc(=O)n2C3)c(NC(=O)c2c(F)cccc2F)c1. The summed E-state index contributed by atoms with van der Waals surface area (Å²) in [6.45, 7) is 1.77. The predicted octanol–water partition coefficient (Wildman–Crippen LogP) is 5.98. The number of hydrogen-bond donors (Lipinski definition) is 2. The first kappa shape index (κ1) is 27.7. The minimum absolute atomic E-state index is 0.0195. The molecular weight excluding hydrogens is 558 g/mol. The minimum Gasteiger partial charge on any atom is -0.369 e. The van der Waals surface area contributed by atoms with Crippen molar-refractivity contribution in [1.29, 1.82) is 0 Å². The first-order valence-electron chi connectivity index (χ1n) is 13.6. The first-order valence-corrected chi connectivity index (χ1v) is 14.8. The van der Waals surface area contributed by atoms with Crippen molar-refractivity contribution in [2.24, 2.45) is 5.92 Å². The van der Waals surface area contributed by atoms with Crippen molar-refractivity contribution in [3.05, 3.63) is 118 Å². The molecule has 1 saturated heterocycles. The van der Waals surface area contributed by atoms with Gasteiger partial charge in [-0.1, -0.05) is 24.3 Å². The Bertz CT molecular complexity index is 1740. The second-order valence-electron chi connectivity index (χ2n) is 10.5. The number of hydrogen-bond acceptors (Lipinski definition) is 5. The van der Waals surface area contributed by atoms with Gasteiger partial charge in [-0.15, -0.1) is 11.8 Å². The Morgan fingerprint density at radius 3 is 2.36 bits per heavy atom. The largest absolute Gasteiger partial charge is 0.369 e. The van der Waals surface area contributed by atoms with Gasteiger partial charge >= 0.3 is 0 Å². The van der Waals surface area contributed by atoms with Gasteiger partial charge in [-0.2, -0.15) is 0 Å². The van der Waals surface area contributed by atoms with E-state index >= 15 is 0 Å². The highest BCUT2D eigenvalue weighted by Crippen LogP contribution is 2.39. The van der Waals surface area contributed by atoms with Crippen LogP contribution in [0.15, 0.2) is 88.6 Å². The van der Waals surface area contributed by atoms with Gasteiger partial charge in [0.05, 0.1) is 17.1 Å². The number of carbonyl (C=O) groups is 2. The molecule has 6 rings (SSSR count). The smallest absolute Gasteiger partial charge is 0.261 e. The summed E-state index contributed by atoms with van der Waals surface area (Å²) in [6, 6.07) is 20.9. The van der Waals surface area contributed by atoms with E-state index in [1.54, 1.807) is 30.3 Å². The van der Waals surface area contributed by atoms with E-state index in [-0.39, 0.29) is 34.6 Å². The lowest BCUT2D eigenvalue weighted by molar-refractivity contribution is 0.101. The Kier molecular flexibility index (Phi) is 7.55. The van der Waals surface area contributed by atoms with Crippen molar-refractivity contribution in [2.45, 2.75) is 23.8 Å². The molecule has 2 aliphatic rings. The van der Waals surface area contributed by atoms with E-state index in [9.17, 15) is 23.2 Å². The van der Waals surface area contributed by atoms with Crippen LogP contribution in [0.4, 0.5) is 25.8 Å². The van der Waals surface area contributed by atoms with Gasteiger partial charge in [-0.05, 0) is 67.1 Å². The molecule has 1 fully saturated rings. The van der Waals surface area contributed by atoms with E-state index in [0.717, 1.165) is 29.1 Å². The standard InChI is InChI=1S/C32H28F2N4O3S/c1-42-28-10-3-2-8-24(28)35-31(40)20-12-13-27(25(15-20)36-32(41)30-22(33)6-4-7-23(30)34)37-16-19-14-21(18-37)26-9-5-11-29(39)38(26)17-19/h2-13,15,19,21H,14,16-18H2,1H3,(H,35,40)(H,36,41)/t19-,21+/m1/s1. The molecule has 0 aliphatic carbocycles. The van der Waals surface area contributed by atoms with E-state index in [2.05, 4.69) is 15.5 Å². The molecule has 1 aromatic heterocycles. The van der Waals surface area contributed by atoms with Crippen LogP contribution in [0.5, 0.6) is 0 Å². The van der Waals surface area contributed by atoms with Gasteiger partial charge in [0.1, 0.15) is 17.2 Å². The van der Waals surface area contributed by atoms with Crippen molar-refractivity contribution in [3.8, 4) is 0 Å². The summed E-state index contributed by atoms with van der Waals surface area (Å²) >= 11 is 1.50. The monoisotopic (exact) mass is 586 g/mol. The van der Waals surface area contributed by atoms with Crippen LogP contribution in [0.1, 0.15) is 38.7 Å². The van der Waals surface area contributed by atoms with Gasteiger partial charge in [0.15, 0.2) is 0 Å². The molecule has 0 spiro atoms. The fourth-order valence-corrected chi connectivity index (χ4v) is 6.54. The number of halogens is 2. The number of para-hydroxylation sites is 1. The summed E-state index contributed by atoms with van der Waals surface area (Å²) in [7, 11) is 0. The Morgan fingerprint density at radius 2 is 1.57 bits per heavy atom. The summed E-state index contributed by atoms with van der Waals surface area (Å²) in [4.78, 5) is 42.0. The number of thioether (sulfide) groups is 1. The van der Waals surface area contributed by atoms with Crippen LogP contribution >= 0.6 is 11.8 Å². The average Bonchev–Trinajstić information content (AvgIpc) is 2.98. The molecule has 4 aromatic rings. The van der Waals surface area contributed by atoms with Gasteiger partial charge in [0.25, 0.3) is 17.4 Å². The van der Waals surface area contributed by atoms with Gasteiger partial charge in [0, 0.05) is 47.8 Å². The third-order valence-electron chi connectivity index (χ3n) is 7.87. The van der Waals surface area contributed by atoms with Crippen LogP contribution in [0, 0.1) is 17.6 Å². The molecule has 7 nitrogen and oxygen atoms in total. The maximum absolute atomic E-state index is 14.5. The van der Waals surface area contributed by atoms with Crippen molar-refractivity contribution < 1.29 is 18.4 Å². The van der Waals surface area contributed by atoms with Crippen molar-refractivity contribution in [1.82, 2.24) is 4.57 Å².